The van der Waals surface area contributed by atoms with E-state index in [1.807, 2.05) is 18.2 Å². The molecule has 0 atom stereocenters. The molecular weight excluding hydrogens is 328 g/mol. The van der Waals surface area contributed by atoms with Gasteiger partial charge in [-0.25, -0.2) is 0 Å². The Labute approximate surface area is 153 Å². The summed E-state index contributed by atoms with van der Waals surface area (Å²) in [5.41, 5.74) is 2.31. The van der Waals surface area contributed by atoms with E-state index in [0.29, 0.717) is 17.8 Å². The topological polar surface area (TPSA) is 69.8 Å². The molecule has 134 valence electrons. The number of nitrogens with one attached hydrogen (secondary N) is 2. The van der Waals surface area contributed by atoms with E-state index in [9.17, 15) is 4.79 Å². The number of para-hydroxylation sites is 2. The van der Waals surface area contributed by atoms with Crippen LogP contribution in [-0.2, 0) is 4.79 Å². The fourth-order valence-corrected chi connectivity index (χ4v) is 3.23. The molecular formula is C20H23N4O2+. The van der Waals surface area contributed by atoms with Gasteiger partial charge in [0.05, 0.1) is 50.6 Å². The average molecular weight is 351 g/mol. The lowest BCUT2D eigenvalue weighted by atomic mass is 10.2. The number of nitrogens with zero attached hydrogens (tertiary/aromatic N) is 2. The highest BCUT2D eigenvalue weighted by molar-refractivity contribution is 5.91. The van der Waals surface area contributed by atoms with Crippen molar-refractivity contribution < 1.29 is 14.4 Å². The number of carbonyl (C=O) groups excluding carboxylic acids is 1. The second-order valence-corrected chi connectivity index (χ2v) is 6.33. The molecule has 0 unspecified atom stereocenters. The summed E-state index contributed by atoms with van der Waals surface area (Å²) in [7, 11) is 1.69. The lowest BCUT2D eigenvalue weighted by Gasteiger charge is -2.34. The third-order valence-electron chi connectivity index (χ3n) is 4.58. The summed E-state index contributed by atoms with van der Waals surface area (Å²) in [6.45, 7) is 3.98. The van der Waals surface area contributed by atoms with Crippen molar-refractivity contribution in [3.05, 3.63) is 54.1 Å². The number of quaternary nitrogens is 1. The van der Waals surface area contributed by atoms with Crippen LogP contribution in [0, 0.1) is 11.3 Å². The zero-order chi connectivity index (χ0) is 18.4. The summed E-state index contributed by atoms with van der Waals surface area (Å²) in [4.78, 5) is 15.8. The number of benzene rings is 2. The van der Waals surface area contributed by atoms with Gasteiger partial charge in [-0.3, -0.25) is 4.79 Å². The average Bonchev–Trinajstić information content (AvgIpc) is 2.68. The number of carbonyl (C=O) groups is 1. The van der Waals surface area contributed by atoms with E-state index in [1.54, 1.807) is 31.4 Å². The largest absolute Gasteiger partial charge is 0.495 e. The molecule has 0 bridgehead atoms. The van der Waals surface area contributed by atoms with Crippen molar-refractivity contribution in [1.82, 2.24) is 0 Å². The van der Waals surface area contributed by atoms with Crippen LogP contribution in [-0.4, -0.2) is 45.7 Å². The molecule has 2 N–H and O–H groups in total. The Morgan fingerprint density at radius 1 is 1.23 bits per heavy atom. The van der Waals surface area contributed by atoms with Gasteiger partial charge in [-0.15, -0.1) is 0 Å². The van der Waals surface area contributed by atoms with Gasteiger partial charge in [0.15, 0.2) is 6.54 Å². The number of hydrogen-bond acceptors (Lipinski definition) is 4. The van der Waals surface area contributed by atoms with Gasteiger partial charge < -0.3 is 19.9 Å². The maximum absolute atomic E-state index is 12.3. The Balaban J connectivity index is 1.52. The van der Waals surface area contributed by atoms with Gasteiger partial charge in [-0.05, 0) is 30.3 Å². The number of rotatable bonds is 5. The monoisotopic (exact) mass is 351 g/mol. The van der Waals surface area contributed by atoms with Crippen LogP contribution in [0.5, 0.6) is 5.75 Å². The number of anilines is 2. The molecule has 1 amide bonds. The van der Waals surface area contributed by atoms with Gasteiger partial charge in [0.1, 0.15) is 5.75 Å². The van der Waals surface area contributed by atoms with E-state index in [2.05, 4.69) is 22.4 Å². The second kappa shape index (κ2) is 8.37. The molecule has 0 saturated carbocycles. The van der Waals surface area contributed by atoms with E-state index in [4.69, 9.17) is 10.00 Å². The molecule has 0 spiro atoms. The number of nitriles is 1. The van der Waals surface area contributed by atoms with E-state index in [-0.39, 0.29) is 5.91 Å². The highest BCUT2D eigenvalue weighted by atomic mass is 16.5. The molecule has 2 aromatic carbocycles. The van der Waals surface area contributed by atoms with Crippen LogP contribution in [0.3, 0.4) is 0 Å². The first kappa shape index (κ1) is 17.8. The first-order valence-electron chi connectivity index (χ1n) is 8.71. The van der Waals surface area contributed by atoms with Crippen LogP contribution in [0.4, 0.5) is 11.4 Å². The second-order valence-electron chi connectivity index (χ2n) is 6.33. The Morgan fingerprint density at radius 2 is 2.00 bits per heavy atom. The highest BCUT2D eigenvalue weighted by Crippen LogP contribution is 2.27. The van der Waals surface area contributed by atoms with Crippen LogP contribution in [0.15, 0.2) is 48.5 Å². The molecule has 3 rings (SSSR count). The number of piperazine rings is 1. The van der Waals surface area contributed by atoms with Gasteiger partial charge in [-0.2, -0.15) is 5.26 Å². The molecule has 1 saturated heterocycles. The van der Waals surface area contributed by atoms with Crippen LogP contribution in [0.25, 0.3) is 0 Å². The van der Waals surface area contributed by atoms with Gasteiger partial charge in [0.25, 0.3) is 5.91 Å². The molecule has 1 aliphatic rings. The quantitative estimate of drug-likeness (QED) is 0.840. The first-order valence-corrected chi connectivity index (χ1v) is 8.71. The van der Waals surface area contributed by atoms with E-state index in [1.165, 1.54) is 4.90 Å². The summed E-state index contributed by atoms with van der Waals surface area (Å²) >= 11 is 0. The van der Waals surface area contributed by atoms with Crippen molar-refractivity contribution in [3.63, 3.8) is 0 Å². The standard InChI is InChI=1S/C20H22N4O2/c1-26-19-8-3-2-7-18(19)24-11-9-23(10-12-24)15-20(25)22-17-6-4-5-16(13-17)14-21/h2-8,13H,9-12,15H2,1H3,(H,22,25)/p+1. The van der Waals surface area contributed by atoms with Crippen molar-refractivity contribution in [2.75, 3.05) is 50.1 Å². The maximum Gasteiger partial charge on any atom is 0.279 e. The van der Waals surface area contributed by atoms with E-state index < -0.39 is 0 Å². The molecule has 0 aliphatic carbocycles. The van der Waals surface area contributed by atoms with Gasteiger partial charge in [0, 0.05) is 5.69 Å². The lowest BCUT2D eigenvalue weighted by molar-refractivity contribution is -0.892. The number of methoxy groups -OCH3 is 1. The van der Waals surface area contributed by atoms with Crippen molar-refractivity contribution >= 4 is 17.3 Å². The Morgan fingerprint density at radius 3 is 2.73 bits per heavy atom. The van der Waals surface area contributed by atoms with Gasteiger partial charge in [0.2, 0.25) is 0 Å². The zero-order valence-corrected chi connectivity index (χ0v) is 14.9. The highest BCUT2D eigenvalue weighted by Gasteiger charge is 2.23. The lowest BCUT2D eigenvalue weighted by Crippen LogP contribution is -3.15. The Kier molecular flexibility index (Phi) is 5.72. The maximum atomic E-state index is 12.3. The van der Waals surface area contributed by atoms with Crippen molar-refractivity contribution in [2.45, 2.75) is 0 Å². The predicted molar refractivity (Wildman–Crippen MR) is 101 cm³/mol. The molecule has 2 aromatic rings. The van der Waals surface area contributed by atoms with Crippen molar-refractivity contribution in [3.8, 4) is 11.8 Å². The minimum absolute atomic E-state index is 0.0270. The Hall–Kier alpha value is -3.04. The fraction of sp³-hybridized carbons (Fsp3) is 0.300. The molecule has 26 heavy (non-hydrogen) atoms. The number of ether oxygens (including phenoxy) is 1. The predicted octanol–water partition coefficient (Wildman–Crippen LogP) is 0.910. The van der Waals surface area contributed by atoms with Crippen molar-refractivity contribution in [1.29, 1.82) is 5.26 Å². The minimum Gasteiger partial charge on any atom is -0.495 e. The van der Waals surface area contributed by atoms with Crippen LogP contribution in [0.2, 0.25) is 0 Å². The fourth-order valence-electron chi connectivity index (χ4n) is 3.23. The van der Waals surface area contributed by atoms with Gasteiger partial charge >= 0.3 is 0 Å². The first-order chi connectivity index (χ1) is 12.7. The van der Waals surface area contributed by atoms with E-state index in [0.717, 1.165) is 37.6 Å². The summed E-state index contributed by atoms with van der Waals surface area (Å²) in [6.07, 6.45) is 0. The third-order valence-corrected chi connectivity index (χ3v) is 4.58. The summed E-state index contributed by atoms with van der Waals surface area (Å²) in [6, 6.07) is 17.1. The summed E-state index contributed by atoms with van der Waals surface area (Å²) in [5, 5.41) is 11.8. The zero-order valence-electron chi connectivity index (χ0n) is 14.9. The van der Waals surface area contributed by atoms with Crippen LogP contribution >= 0.6 is 0 Å². The van der Waals surface area contributed by atoms with Crippen LogP contribution in [0.1, 0.15) is 5.56 Å². The molecule has 0 radical (unpaired) electrons. The summed E-state index contributed by atoms with van der Waals surface area (Å²) < 4.78 is 5.44. The SMILES string of the molecule is COc1ccccc1N1CC[NH+](CC(=O)Nc2cccc(C#N)c2)CC1. The van der Waals surface area contributed by atoms with E-state index >= 15 is 0 Å². The van der Waals surface area contributed by atoms with Crippen LogP contribution < -0.4 is 19.9 Å². The molecule has 1 heterocycles. The Bertz CT molecular complexity index is 807. The molecule has 6 heteroatoms. The molecule has 1 aliphatic heterocycles. The molecule has 0 aromatic heterocycles. The third kappa shape index (κ3) is 4.32. The summed E-state index contributed by atoms with van der Waals surface area (Å²) in [5.74, 6) is 0.854. The van der Waals surface area contributed by atoms with Gasteiger partial charge in [-0.1, -0.05) is 18.2 Å². The molecule has 1 fully saturated rings. The molecule has 6 nitrogen and oxygen atoms in total. The normalized spacial score (nSPS) is 14.5. The smallest absolute Gasteiger partial charge is 0.279 e. The minimum atomic E-state index is -0.0270. The number of amides is 1. The number of hydrogen-bond donors (Lipinski definition) is 2. The van der Waals surface area contributed by atoms with Crippen molar-refractivity contribution in [2.24, 2.45) is 0 Å².